The van der Waals surface area contributed by atoms with Gasteiger partial charge in [-0.15, -0.1) is 0 Å². The molecule has 1 spiro atoms. The van der Waals surface area contributed by atoms with E-state index in [2.05, 4.69) is 19.2 Å². The molecule has 0 radical (unpaired) electrons. The first-order valence-corrected chi connectivity index (χ1v) is 9.11. The monoisotopic (exact) mass is 279 g/mol. The normalized spacial score (nSPS) is 33.0. The summed E-state index contributed by atoms with van der Waals surface area (Å²) in [6.07, 6.45) is 12.4. The van der Waals surface area contributed by atoms with Crippen LogP contribution < -0.4 is 5.32 Å². The molecule has 3 atom stereocenters. The molecule has 116 valence electrons. The van der Waals surface area contributed by atoms with Crippen LogP contribution >= 0.6 is 0 Å². The Morgan fingerprint density at radius 1 is 1.10 bits per heavy atom. The van der Waals surface area contributed by atoms with Gasteiger partial charge < -0.3 is 10.1 Å². The SMILES string of the molecule is CCNC(C1CCOC2(CCCCC2)C1)C(C)C1CC1. The minimum atomic E-state index is 0.262. The van der Waals surface area contributed by atoms with Crippen LogP contribution in [0.3, 0.4) is 0 Å². The van der Waals surface area contributed by atoms with Crippen molar-refractivity contribution in [3.05, 3.63) is 0 Å². The summed E-state index contributed by atoms with van der Waals surface area (Å²) in [5.41, 5.74) is 0.262. The number of ether oxygens (including phenoxy) is 1. The van der Waals surface area contributed by atoms with Gasteiger partial charge in [0.05, 0.1) is 5.60 Å². The van der Waals surface area contributed by atoms with Crippen molar-refractivity contribution in [1.82, 2.24) is 5.32 Å². The highest BCUT2D eigenvalue weighted by atomic mass is 16.5. The molecule has 0 aromatic heterocycles. The zero-order valence-electron chi connectivity index (χ0n) is 13.5. The van der Waals surface area contributed by atoms with Crippen LogP contribution in [0.4, 0.5) is 0 Å². The first-order valence-electron chi connectivity index (χ1n) is 9.11. The molecule has 1 aliphatic heterocycles. The summed E-state index contributed by atoms with van der Waals surface area (Å²) in [5, 5.41) is 3.84. The van der Waals surface area contributed by atoms with Crippen LogP contribution in [0.2, 0.25) is 0 Å². The van der Waals surface area contributed by atoms with Crippen molar-refractivity contribution in [3.63, 3.8) is 0 Å². The molecule has 0 amide bonds. The molecule has 3 rings (SSSR count). The van der Waals surface area contributed by atoms with Gasteiger partial charge in [0.15, 0.2) is 0 Å². The average molecular weight is 279 g/mol. The Balaban J connectivity index is 1.66. The highest BCUT2D eigenvalue weighted by Gasteiger charge is 2.43. The Morgan fingerprint density at radius 2 is 1.85 bits per heavy atom. The van der Waals surface area contributed by atoms with Crippen LogP contribution in [0.25, 0.3) is 0 Å². The predicted octanol–water partition coefficient (Wildman–Crippen LogP) is 4.14. The summed E-state index contributed by atoms with van der Waals surface area (Å²) >= 11 is 0. The van der Waals surface area contributed by atoms with E-state index in [4.69, 9.17) is 4.74 Å². The second-order valence-electron chi connectivity index (χ2n) is 7.63. The van der Waals surface area contributed by atoms with Crippen LogP contribution in [0.5, 0.6) is 0 Å². The van der Waals surface area contributed by atoms with Gasteiger partial charge in [0.1, 0.15) is 0 Å². The van der Waals surface area contributed by atoms with Gasteiger partial charge in [0, 0.05) is 12.6 Å². The summed E-state index contributed by atoms with van der Waals surface area (Å²) in [4.78, 5) is 0. The Kier molecular flexibility index (Phi) is 4.72. The van der Waals surface area contributed by atoms with Gasteiger partial charge in [-0.05, 0) is 62.8 Å². The third-order valence-electron chi connectivity index (χ3n) is 6.18. The number of nitrogens with one attached hydrogen (secondary N) is 1. The van der Waals surface area contributed by atoms with Gasteiger partial charge in [0.2, 0.25) is 0 Å². The third-order valence-corrected chi connectivity index (χ3v) is 6.18. The molecule has 0 aromatic rings. The second kappa shape index (κ2) is 6.36. The summed E-state index contributed by atoms with van der Waals surface area (Å²) in [5.74, 6) is 2.71. The van der Waals surface area contributed by atoms with E-state index in [1.54, 1.807) is 0 Å². The van der Waals surface area contributed by atoms with Crippen molar-refractivity contribution < 1.29 is 4.74 Å². The lowest BCUT2D eigenvalue weighted by molar-refractivity contribution is -0.124. The molecule has 2 nitrogen and oxygen atoms in total. The fourth-order valence-corrected chi connectivity index (χ4v) is 4.85. The highest BCUT2D eigenvalue weighted by Crippen LogP contribution is 2.45. The molecule has 2 aliphatic carbocycles. The van der Waals surface area contributed by atoms with Crippen molar-refractivity contribution in [1.29, 1.82) is 0 Å². The topological polar surface area (TPSA) is 21.3 Å². The van der Waals surface area contributed by atoms with Gasteiger partial charge in [-0.3, -0.25) is 0 Å². The fourth-order valence-electron chi connectivity index (χ4n) is 4.85. The van der Waals surface area contributed by atoms with Gasteiger partial charge in [0.25, 0.3) is 0 Å². The summed E-state index contributed by atoms with van der Waals surface area (Å²) in [6.45, 7) is 6.88. The van der Waals surface area contributed by atoms with Gasteiger partial charge in [-0.1, -0.05) is 33.1 Å². The van der Waals surface area contributed by atoms with Crippen molar-refractivity contribution in [2.45, 2.75) is 83.3 Å². The smallest absolute Gasteiger partial charge is 0.0685 e. The first kappa shape index (κ1) is 14.8. The maximum absolute atomic E-state index is 6.29. The predicted molar refractivity (Wildman–Crippen MR) is 83.8 cm³/mol. The first-order chi connectivity index (χ1) is 9.74. The number of rotatable bonds is 5. The summed E-state index contributed by atoms with van der Waals surface area (Å²) in [7, 11) is 0. The Labute approximate surface area is 125 Å². The van der Waals surface area contributed by atoms with E-state index in [9.17, 15) is 0 Å². The molecular formula is C18H33NO. The van der Waals surface area contributed by atoms with Crippen molar-refractivity contribution in [3.8, 4) is 0 Å². The van der Waals surface area contributed by atoms with Crippen LogP contribution in [0.1, 0.15) is 71.6 Å². The molecule has 1 saturated heterocycles. The van der Waals surface area contributed by atoms with Crippen molar-refractivity contribution in [2.24, 2.45) is 17.8 Å². The van der Waals surface area contributed by atoms with Crippen LogP contribution in [-0.2, 0) is 4.74 Å². The fraction of sp³-hybridized carbons (Fsp3) is 1.00. The van der Waals surface area contributed by atoms with Gasteiger partial charge in [-0.25, -0.2) is 0 Å². The average Bonchev–Trinajstić information content (AvgIpc) is 3.29. The highest BCUT2D eigenvalue weighted by molar-refractivity contribution is 4.96. The number of hydrogen-bond acceptors (Lipinski definition) is 2. The minimum Gasteiger partial charge on any atom is -0.375 e. The third kappa shape index (κ3) is 3.22. The van der Waals surface area contributed by atoms with E-state index in [-0.39, 0.29) is 5.60 Å². The molecule has 3 fully saturated rings. The standard InChI is InChI=1S/C18H33NO/c1-3-19-17(14(2)15-7-8-15)16-9-12-20-18(13-16)10-5-4-6-11-18/h14-17,19H,3-13H2,1-2H3. The quantitative estimate of drug-likeness (QED) is 0.816. The van der Waals surface area contributed by atoms with E-state index in [0.29, 0.717) is 0 Å². The summed E-state index contributed by atoms with van der Waals surface area (Å²) in [6, 6.07) is 0.732. The lowest BCUT2D eigenvalue weighted by atomic mass is 9.71. The Morgan fingerprint density at radius 3 is 2.50 bits per heavy atom. The minimum absolute atomic E-state index is 0.262. The molecule has 0 bridgehead atoms. The Bertz CT molecular complexity index is 301. The van der Waals surface area contributed by atoms with E-state index < -0.39 is 0 Å². The molecule has 1 heterocycles. The van der Waals surface area contributed by atoms with E-state index in [1.807, 2.05) is 0 Å². The molecule has 20 heavy (non-hydrogen) atoms. The van der Waals surface area contributed by atoms with Crippen LogP contribution in [0, 0.1) is 17.8 Å². The molecule has 2 saturated carbocycles. The second-order valence-corrected chi connectivity index (χ2v) is 7.63. The molecule has 1 N–H and O–H groups in total. The molecule has 3 unspecified atom stereocenters. The van der Waals surface area contributed by atoms with Crippen LogP contribution in [-0.4, -0.2) is 24.8 Å². The number of hydrogen-bond donors (Lipinski definition) is 1. The van der Waals surface area contributed by atoms with Crippen molar-refractivity contribution in [2.75, 3.05) is 13.2 Å². The van der Waals surface area contributed by atoms with E-state index in [0.717, 1.165) is 36.9 Å². The largest absolute Gasteiger partial charge is 0.375 e. The molecular weight excluding hydrogens is 246 g/mol. The molecule has 0 aromatic carbocycles. The van der Waals surface area contributed by atoms with E-state index >= 15 is 0 Å². The zero-order valence-corrected chi connectivity index (χ0v) is 13.5. The Hall–Kier alpha value is -0.0800. The van der Waals surface area contributed by atoms with E-state index in [1.165, 1.54) is 57.8 Å². The maximum Gasteiger partial charge on any atom is 0.0685 e. The molecule has 3 aliphatic rings. The zero-order chi connectivity index (χ0) is 14.0. The summed E-state index contributed by atoms with van der Waals surface area (Å²) < 4.78 is 6.29. The van der Waals surface area contributed by atoms with Gasteiger partial charge in [-0.2, -0.15) is 0 Å². The lowest BCUT2D eigenvalue weighted by Crippen LogP contribution is -2.50. The van der Waals surface area contributed by atoms with Crippen molar-refractivity contribution >= 4 is 0 Å². The van der Waals surface area contributed by atoms with Crippen LogP contribution in [0.15, 0.2) is 0 Å². The maximum atomic E-state index is 6.29. The van der Waals surface area contributed by atoms with Gasteiger partial charge >= 0.3 is 0 Å². The lowest BCUT2D eigenvalue weighted by Gasteiger charge is -2.46. The molecule has 2 heteroatoms.